The van der Waals surface area contributed by atoms with Crippen molar-refractivity contribution >= 4 is 17.4 Å². The number of nitrogens with zero attached hydrogens (tertiary/aromatic N) is 2. The van der Waals surface area contributed by atoms with Crippen LogP contribution in [0.4, 0.5) is 5.69 Å². The molecule has 6 N–H and O–H groups in total. The lowest BCUT2D eigenvalue weighted by Crippen LogP contribution is -2.34. The minimum absolute atomic E-state index is 0.00264. The number of nitrogens with one attached hydrogen (secondary N) is 2. The fourth-order valence-electron chi connectivity index (χ4n) is 3.99. The fourth-order valence-corrected chi connectivity index (χ4v) is 3.99. The number of rotatable bonds is 10. The van der Waals surface area contributed by atoms with Crippen LogP contribution in [-0.4, -0.2) is 21.3 Å². The number of amides is 1. The van der Waals surface area contributed by atoms with Crippen molar-refractivity contribution in [2.45, 2.75) is 53.1 Å². The first-order chi connectivity index (χ1) is 16.7. The third-order valence-corrected chi connectivity index (χ3v) is 5.75. The molecule has 0 fully saturated rings. The Morgan fingerprint density at radius 3 is 2.46 bits per heavy atom. The van der Waals surface area contributed by atoms with E-state index in [0.29, 0.717) is 54.3 Å². The van der Waals surface area contributed by atoms with Crippen molar-refractivity contribution < 1.29 is 4.79 Å². The normalized spacial score (nSPS) is 11.0. The highest BCUT2D eigenvalue weighted by Gasteiger charge is 2.19. The third-order valence-electron chi connectivity index (χ3n) is 5.75. The molecule has 0 aliphatic heterocycles. The highest BCUT2D eigenvalue weighted by Crippen LogP contribution is 2.15. The molecule has 0 aliphatic carbocycles. The Hall–Kier alpha value is -3.94. The molecular weight excluding hydrogens is 440 g/mol. The first-order valence-corrected chi connectivity index (χ1v) is 11.8. The van der Waals surface area contributed by atoms with Crippen molar-refractivity contribution in [3.05, 3.63) is 92.7 Å². The predicted molar refractivity (Wildman–Crippen MR) is 139 cm³/mol. The minimum atomic E-state index is -0.240. The van der Waals surface area contributed by atoms with Crippen molar-refractivity contribution in [1.29, 1.82) is 5.41 Å². The topological polar surface area (TPSA) is 140 Å². The molecule has 2 aromatic carbocycles. The van der Waals surface area contributed by atoms with Crippen LogP contribution in [0.5, 0.6) is 0 Å². The number of nitrogens with two attached hydrogens (primary N) is 2. The highest BCUT2D eigenvalue weighted by atomic mass is 16.2. The summed E-state index contributed by atoms with van der Waals surface area (Å²) in [6.07, 6.45) is 1.07. The number of hydrogen-bond donors (Lipinski definition) is 4. The van der Waals surface area contributed by atoms with Gasteiger partial charge in [-0.15, -0.1) is 0 Å². The SMILES string of the molecule is CCn1c(Cc2cccc(N)c2)nc(CC(C)C)c(CC(=O)NCc2ccc(C(=N)N)cc2)c1=O. The zero-order valence-electron chi connectivity index (χ0n) is 20.6. The van der Waals surface area contributed by atoms with Crippen molar-refractivity contribution in [2.24, 2.45) is 11.7 Å². The summed E-state index contributed by atoms with van der Waals surface area (Å²) in [5.74, 6) is 0.711. The Morgan fingerprint density at radius 2 is 1.86 bits per heavy atom. The van der Waals surface area contributed by atoms with Crippen molar-refractivity contribution in [1.82, 2.24) is 14.9 Å². The largest absolute Gasteiger partial charge is 0.399 e. The highest BCUT2D eigenvalue weighted by molar-refractivity contribution is 5.94. The molecule has 0 bridgehead atoms. The number of benzene rings is 2. The van der Waals surface area contributed by atoms with Gasteiger partial charge >= 0.3 is 0 Å². The fraction of sp³-hybridized carbons (Fsp3) is 0.333. The summed E-state index contributed by atoms with van der Waals surface area (Å²) < 4.78 is 1.65. The maximum absolute atomic E-state index is 13.5. The lowest BCUT2D eigenvalue weighted by molar-refractivity contribution is -0.120. The summed E-state index contributed by atoms with van der Waals surface area (Å²) in [7, 11) is 0. The first kappa shape index (κ1) is 25.7. The molecule has 0 atom stereocenters. The standard InChI is InChI=1S/C27H34N6O2/c1-4-33-24(14-19-6-5-7-21(28)13-19)32-23(12-17(2)3)22(27(33)35)15-25(34)31-16-18-8-10-20(11-9-18)26(29)30/h5-11,13,17H,4,12,14-16,28H2,1-3H3,(H3,29,30)(H,31,34). The van der Waals surface area contributed by atoms with E-state index in [4.69, 9.17) is 21.9 Å². The van der Waals surface area contributed by atoms with E-state index >= 15 is 0 Å². The number of hydrogen-bond acceptors (Lipinski definition) is 5. The van der Waals surface area contributed by atoms with Gasteiger partial charge in [0.05, 0.1) is 12.1 Å². The van der Waals surface area contributed by atoms with E-state index < -0.39 is 0 Å². The second-order valence-electron chi connectivity index (χ2n) is 9.09. The molecule has 0 aliphatic rings. The maximum atomic E-state index is 13.5. The van der Waals surface area contributed by atoms with E-state index in [0.717, 1.165) is 11.1 Å². The quantitative estimate of drug-likeness (QED) is 0.203. The number of anilines is 1. The Labute approximate surface area is 205 Å². The molecule has 8 heteroatoms. The van der Waals surface area contributed by atoms with Crippen molar-refractivity contribution in [3.8, 4) is 0 Å². The summed E-state index contributed by atoms with van der Waals surface area (Å²) in [5, 5.41) is 10.4. The van der Waals surface area contributed by atoms with Crippen LogP contribution < -0.4 is 22.3 Å². The smallest absolute Gasteiger partial charge is 0.257 e. The van der Waals surface area contributed by atoms with Crippen LogP contribution in [0.3, 0.4) is 0 Å². The summed E-state index contributed by atoms with van der Waals surface area (Å²) in [6, 6.07) is 14.7. The van der Waals surface area contributed by atoms with Gasteiger partial charge in [-0.3, -0.25) is 19.6 Å². The number of nitrogen functional groups attached to an aromatic ring is 2. The van der Waals surface area contributed by atoms with Gasteiger partial charge < -0.3 is 16.8 Å². The summed E-state index contributed by atoms with van der Waals surface area (Å²) in [5.41, 5.74) is 15.5. The first-order valence-electron chi connectivity index (χ1n) is 11.8. The van der Waals surface area contributed by atoms with Gasteiger partial charge in [0.1, 0.15) is 11.7 Å². The molecule has 8 nitrogen and oxygen atoms in total. The van der Waals surface area contributed by atoms with Gasteiger partial charge in [0, 0.05) is 36.3 Å². The predicted octanol–water partition coefficient (Wildman–Crippen LogP) is 2.78. The third kappa shape index (κ3) is 6.79. The average Bonchev–Trinajstić information content (AvgIpc) is 2.80. The van der Waals surface area contributed by atoms with Crippen LogP contribution in [0.25, 0.3) is 0 Å². The molecule has 0 radical (unpaired) electrons. The van der Waals surface area contributed by atoms with E-state index in [-0.39, 0.29) is 29.6 Å². The van der Waals surface area contributed by atoms with Crippen LogP contribution in [0.15, 0.2) is 53.3 Å². The molecule has 0 spiro atoms. The summed E-state index contributed by atoms with van der Waals surface area (Å²) in [4.78, 5) is 31.2. The minimum Gasteiger partial charge on any atom is -0.399 e. The van der Waals surface area contributed by atoms with Gasteiger partial charge in [0.2, 0.25) is 5.91 Å². The van der Waals surface area contributed by atoms with Gasteiger partial charge in [0.15, 0.2) is 0 Å². The lowest BCUT2D eigenvalue weighted by atomic mass is 10.0. The van der Waals surface area contributed by atoms with Crippen LogP contribution in [0.2, 0.25) is 0 Å². The molecule has 0 saturated carbocycles. The Morgan fingerprint density at radius 1 is 1.14 bits per heavy atom. The molecule has 1 aromatic heterocycles. The Balaban J connectivity index is 1.84. The van der Waals surface area contributed by atoms with Gasteiger partial charge in [0.25, 0.3) is 5.56 Å². The van der Waals surface area contributed by atoms with Crippen molar-refractivity contribution in [3.63, 3.8) is 0 Å². The van der Waals surface area contributed by atoms with Crippen LogP contribution in [0.1, 0.15) is 54.5 Å². The molecule has 1 amide bonds. The van der Waals surface area contributed by atoms with E-state index in [1.165, 1.54) is 0 Å². The number of carbonyl (C=O) groups excluding carboxylic acids is 1. The molecule has 1 heterocycles. The van der Waals surface area contributed by atoms with Crippen molar-refractivity contribution in [2.75, 3.05) is 5.73 Å². The van der Waals surface area contributed by atoms with E-state index in [1.54, 1.807) is 16.7 Å². The Bertz CT molecular complexity index is 1260. The van der Waals surface area contributed by atoms with Gasteiger partial charge in [-0.05, 0) is 42.5 Å². The number of carbonyl (C=O) groups is 1. The zero-order chi connectivity index (χ0) is 25.5. The monoisotopic (exact) mass is 474 g/mol. The van der Waals surface area contributed by atoms with E-state index in [2.05, 4.69) is 19.2 Å². The Kier molecular flexibility index (Phi) is 8.41. The van der Waals surface area contributed by atoms with Crippen LogP contribution in [-0.2, 0) is 37.1 Å². The molecule has 0 unspecified atom stereocenters. The second-order valence-corrected chi connectivity index (χ2v) is 9.09. The summed E-state index contributed by atoms with van der Waals surface area (Å²) >= 11 is 0. The van der Waals surface area contributed by atoms with Crippen LogP contribution in [0, 0.1) is 11.3 Å². The molecule has 0 saturated heterocycles. The molecule has 3 aromatic rings. The maximum Gasteiger partial charge on any atom is 0.257 e. The van der Waals surface area contributed by atoms with Gasteiger partial charge in [-0.2, -0.15) is 0 Å². The number of amidine groups is 1. The molecule has 184 valence electrons. The molecule has 3 rings (SSSR count). The van der Waals surface area contributed by atoms with Gasteiger partial charge in [-0.1, -0.05) is 50.2 Å². The lowest BCUT2D eigenvalue weighted by Gasteiger charge is -2.17. The number of aromatic nitrogens is 2. The van der Waals surface area contributed by atoms with E-state index in [1.807, 2.05) is 43.3 Å². The molecule has 35 heavy (non-hydrogen) atoms. The zero-order valence-corrected chi connectivity index (χ0v) is 20.6. The summed E-state index contributed by atoms with van der Waals surface area (Å²) in [6.45, 7) is 6.82. The van der Waals surface area contributed by atoms with Crippen LogP contribution >= 0.6 is 0 Å². The van der Waals surface area contributed by atoms with E-state index in [9.17, 15) is 9.59 Å². The van der Waals surface area contributed by atoms with Gasteiger partial charge in [-0.25, -0.2) is 4.98 Å². The second kappa shape index (κ2) is 11.5. The average molecular weight is 475 g/mol. The molecular formula is C27H34N6O2.